The van der Waals surface area contributed by atoms with Crippen LogP contribution in [0.25, 0.3) is 10.7 Å². The minimum absolute atomic E-state index is 0.317. The summed E-state index contributed by atoms with van der Waals surface area (Å²) in [6.07, 6.45) is 1.58. The molecule has 2 heterocycles. The lowest BCUT2D eigenvalue weighted by Gasteiger charge is -1.98. The van der Waals surface area contributed by atoms with E-state index in [-0.39, 0.29) is 5.82 Å². The first kappa shape index (κ1) is 10.2. The number of aromatic nitrogens is 2. The third-order valence-electron chi connectivity index (χ3n) is 2.07. The van der Waals surface area contributed by atoms with Gasteiger partial charge in [0.05, 0.1) is 5.69 Å². The largest absolute Gasteiger partial charge is 0.251 e. The SMILES string of the molecule is CC(C)c1csc(-c2ncccc2F)n1. The Balaban J connectivity index is 2.42. The number of hydrogen-bond acceptors (Lipinski definition) is 3. The van der Waals surface area contributed by atoms with Crippen LogP contribution in [-0.2, 0) is 0 Å². The van der Waals surface area contributed by atoms with Crippen molar-refractivity contribution in [2.75, 3.05) is 0 Å². The van der Waals surface area contributed by atoms with Crippen LogP contribution in [0.2, 0.25) is 0 Å². The summed E-state index contributed by atoms with van der Waals surface area (Å²) >= 11 is 1.43. The number of nitrogens with zero attached hydrogens (tertiary/aromatic N) is 2. The van der Waals surface area contributed by atoms with Gasteiger partial charge in [0.2, 0.25) is 0 Å². The first-order chi connectivity index (χ1) is 7.18. The highest BCUT2D eigenvalue weighted by Gasteiger charge is 2.11. The van der Waals surface area contributed by atoms with E-state index in [2.05, 4.69) is 23.8 Å². The summed E-state index contributed by atoms with van der Waals surface area (Å²) in [5.74, 6) is 0.0453. The van der Waals surface area contributed by atoms with E-state index in [9.17, 15) is 4.39 Å². The molecule has 15 heavy (non-hydrogen) atoms. The van der Waals surface area contributed by atoms with E-state index >= 15 is 0 Å². The minimum Gasteiger partial charge on any atom is -0.251 e. The Hall–Kier alpha value is -1.29. The quantitative estimate of drug-likeness (QED) is 0.777. The van der Waals surface area contributed by atoms with Crippen LogP contribution in [0, 0.1) is 5.82 Å². The van der Waals surface area contributed by atoms with Crippen molar-refractivity contribution in [2.24, 2.45) is 0 Å². The van der Waals surface area contributed by atoms with Gasteiger partial charge in [-0.15, -0.1) is 11.3 Å². The zero-order valence-corrected chi connectivity index (χ0v) is 9.38. The molecule has 0 aromatic carbocycles. The summed E-state index contributed by atoms with van der Waals surface area (Å²) in [5, 5.41) is 2.60. The molecule has 0 amide bonds. The van der Waals surface area contributed by atoms with Gasteiger partial charge in [-0.3, -0.25) is 4.98 Å². The van der Waals surface area contributed by atoms with Crippen LogP contribution in [0.5, 0.6) is 0 Å². The molecule has 0 unspecified atom stereocenters. The fourth-order valence-electron chi connectivity index (χ4n) is 1.20. The van der Waals surface area contributed by atoms with Gasteiger partial charge in [-0.2, -0.15) is 0 Å². The molecule has 0 aliphatic heterocycles. The topological polar surface area (TPSA) is 25.8 Å². The van der Waals surface area contributed by atoms with E-state index in [1.165, 1.54) is 17.4 Å². The molecule has 2 aromatic heterocycles. The minimum atomic E-state index is -0.317. The normalized spacial score (nSPS) is 10.9. The maximum absolute atomic E-state index is 13.4. The Bertz CT molecular complexity index is 465. The van der Waals surface area contributed by atoms with Gasteiger partial charge in [0.15, 0.2) is 5.82 Å². The second-order valence-electron chi connectivity index (χ2n) is 3.57. The zero-order chi connectivity index (χ0) is 10.8. The molecule has 0 atom stereocenters. The molecule has 0 fully saturated rings. The molecule has 2 rings (SSSR count). The fraction of sp³-hybridized carbons (Fsp3) is 0.273. The molecule has 0 aliphatic rings. The van der Waals surface area contributed by atoms with E-state index in [4.69, 9.17) is 0 Å². The van der Waals surface area contributed by atoms with E-state index < -0.39 is 0 Å². The molecule has 2 nitrogen and oxygen atoms in total. The molecule has 4 heteroatoms. The van der Waals surface area contributed by atoms with Crippen molar-refractivity contribution in [2.45, 2.75) is 19.8 Å². The van der Waals surface area contributed by atoms with Crippen molar-refractivity contribution in [3.05, 3.63) is 35.2 Å². The lowest BCUT2D eigenvalue weighted by atomic mass is 10.2. The molecule has 0 aliphatic carbocycles. The second-order valence-corrected chi connectivity index (χ2v) is 4.42. The summed E-state index contributed by atoms with van der Waals surface area (Å²) in [5.41, 5.74) is 1.33. The van der Waals surface area contributed by atoms with Gasteiger partial charge in [0.1, 0.15) is 10.7 Å². The standard InChI is InChI=1S/C11H11FN2S/c1-7(2)9-6-15-11(14-9)10-8(12)4-3-5-13-10/h3-7H,1-2H3. The maximum Gasteiger partial charge on any atom is 0.151 e. The van der Waals surface area contributed by atoms with Gasteiger partial charge in [-0.1, -0.05) is 13.8 Å². The number of hydrogen-bond donors (Lipinski definition) is 0. The van der Waals surface area contributed by atoms with Crippen LogP contribution in [0.4, 0.5) is 4.39 Å². The van der Waals surface area contributed by atoms with Gasteiger partial charge < -0.3 is 0 Å². The molecular formula is C11H11FN2S. The van der Waals surface area contributed by atoms with E-state index in [0.29, 0.717) is 16.6 Å². The first-order valence-electron chi connectivity index (χ1n) is 4.75. The lowest BCUT2D eigenvalue weighted by molar-refractivity contribution is 0.625. The van der Waals surface area contributed by atoms with Crippen LogP contribution in [0.3, 0.4) is 0 Å². The highest BCUT2D eigenvalue weighted by molar-refractivity contribution is 7.13. The number of thiazole rings is 1. The molecule has 2 aromatic rings. The molecule has 0 spiro atoms. The number of pyridine rings is 1. The van der Waals surface area contributed by atoms with Crippen molar-refractivity contribution in [3.63, 3.8) is 0 Å². The van der Waals surface area contributed by atoms with Crippen LogP contribution < -0.4 is 0 Å². The van der Waals surface area contributed by atoms with Gasteiger partial charge in [-0.05, 0) is 18.1 Å². The maximum atomic E-state index is 13.4. The molecule has 78 valence electrons. The molecular weight excluding hydrogens is 211 g/mol. The smallest absolute Gasteiger partial charge is 0.151 e. The highest BCUT2D eigenvalue weighted by atomic mass is 32.1. The summed E-state index contributed by atoms with van der Waals surface area (Å²) in [4.78, 5) is 8.35. The van der Waals surface area contributed by atoms with Crippen molar-refractivity contribution >= 4 is 11.3 Å². The second kappa shape index (κ2) is 4.06. The van der Waals surface area contributed by atoms with Gasteiger partial charge in [0.25, 0.3) is 0 Å². The number of halogens is 1. The fourth-order valence-corrected chi connectivity index (χ4v) is 2.18. The molecule has 0 radical (unpaired) electrons. The Morgan fingerprint density at radius 2 is 2.20 bits per heavy atom. The third-order valence-corrected chi connectivity index (χ3v) is 2.94. The predicted octanol–water partition coefficient (Wildman–Crippen LogP) is 3.47. The molecule has 0 N–H and O–H groups in total. The molecule has 0 saturated heterocycles. The van der Waals surface area contributed by atoms with E-state index in [1.54, 1.807) is 12.3 Å². The van der Waals surface area contributed by atoms with Crippen molar-refractivity contribution in [1.29, 1.82) is 0 Å². The van der Waals surface area contributed by atoms with Crippen LogP contribution in [-0.4, -0.2) is 9.97 Å². The molecule has 0 saturated carbocycles. The predicted molar refractivity (Wildman–Crippen MR) is 59.4 cm³/mol. The van der Waals surface area contributed by atoms with Gasteiger partial charge in [0, 0.05) is 11.6 Å². The Morgan fingerprint density at radius 1 is 1.40 bits per heavy atom. The Kier molecular flexibility index (Phi) is 2.77. The van der Waals surface area contributed by atoms with Gasteiger partial charge >= 0.3 is 0 Å². The Morgan fingerprint density at radius 3 is 2.80 bits per heavy atom. The van der Waals surface area contributed by atoms with E-state index in [0.717, 1.165) is 5.69 Å². The summed E-state index contributed by atoms with van der Waals surface area (Å²) < 4.78 is 13.4. The average molecular weight is 222 g/mol. The van der Waals surface area contributed by atoms with Crippen molar-refractivity contribution in [3.8, 4) is 10.7 Å². The summed E-state index contributed by atoms with van der Waals surface area (Å²) in [7, 11) is 0. The van der Waals surface area contributed by atoms with E-state index in [1.807, 2.05) is 5.38 Å². The Labute approximate surface area is 91.8 Å². The summed E-state index contributed by atoms with van der Waals surface area (Å²) in [6, 6.07) is 2.98. The monoisotopic (exact) mass is 222 g/mol. The van der Waals surface area contributed by atoms with Crippen LogP contribution >= 0.6 is 11.3 Å². The van der Waals surface area contributed by atoms with Crippen LogP contribution in [0.15, 0.2) is 23.7 Å². The number of rotatable bonds is 2. The highest BCUT2D eigenvalue weighted by Crippen LogP contribution is 2.26. The van der Waals surface area contributed by atoms with Crippen LogP contribution in [0.1, 0.15) is 25.5 Å². The third kappa shape index (κ3) is 2.04. The van der Waals surface area contributed by atoms with Crippen molar-refractivity contribution in [1.82, 2.24) is 9.97 Å². The summed E-state index contributed by atoms with van der Waals surface area (Å²) in [6.45, 7) is 4.13. The lowest BCUT2D eigenvalue weighted by Crippen LogP contribution is -1.90. The zero-order valence-electron chi connectivity index (χ0n) is 8.57. The average Bonchev–Trinajstić information content (AvgIpc) is 2.67. The van der Waals surface area contributed by atoms with Gasteiger partial charge in [-0.25, -0.2) is 9.37 Å². The molecule has 0 bridgehead atoms. The van der Waals surface area contributed by atoms with Crippen molar-refractivity contribution < 1.29 is 4.39 Å². The first-order valence-corrected chi connectivity index (χ1v) is 5.62.